The van der Waals surface area contributed by atoms with Gasteiger partial charge < -0.3 is 5.32 Å². The van der Waals surface area contributed by atoms with Crippen molar-refractivity contribution in [2.45, 2.75) is 6.54 Å². The van der Waals surface area contributed by atoms with Gasteiger partial charge >= 0.3 is 0 Å². The Labute approximate surface area is 116 Å². The number of nitro groups is 1. The van der Waals surface area contributed by atoms with Crippen LogP contribution < -0.4 is 5.32 Å². The van der Waals surface area contributed by atoms with Crippen LogP contribution in [-0.4, -0.2) is 9.91 Å². The zero-order chi connectivity index (χ0) is 13.8. The van der Waals surface area contributed by atoms with E-state index in [-0.39, 0.29) is 11.5 Å². The highest BCUT2D eigenvalue weighted by atomic mass is 79.9. The van der Waals surface area contributed by atoms with Gasteiger partial charge in [0.1, 0.15) is 0 Å². The number of non-ortho nitro benzene ring substituents is 1. The summed E-state index contributed by atoms with van der Waals surface area (Å²) in [7, 11) is 0. The summed E-state index contributed by atoms with van der Waals surface area (Å²) in [6, 6.07) is 7.35. The monoisotopic (exact) mass is 325 g/mol. The first-order valence-corrected chi connectivity index (χ1v) is 6.14. The van der Waals surface area contributed by atoms with Crippen molar-refractivity contribution in [3.8, 4) is 0 Å². The summed E-state index contributed by atoms with van der Waals surface area (Å²) in [4.78, 5) is 13.9. The number of halogens is 2. The molecule has 0 spiro atoms. The quantitative estimate of drug-likeness (QED) is 0.690. The van der Waals surface area contributed by atoms with E-state index in [1.165, 1.54) is 24.4 Å². The lowest BCUT2D eigenvalue weighted by Crippen LogP contribution is -2.03. The minimum Gasteiger partial charge on any atom is -0.364 e. The zero-order valence-electron chi connectivity index (χ0n) is 9.64. The van der Waals surface area contributed by atoms with Crippen LogP contribution in [-0.2, 0) is 6.54 Å². The van der Waals surface area contributed by atoms with E-state index in [9.17, 15) is 14.5 Å². The van der Waals surface area contributed by atoms with E-state index < -0.39 is 10.7 Å². The Hall–Kier alpha value is -2.02. The third kappa shape index (κ3) is 3.47. The smallest absolute Gasteiger partial charge is 0.269 e. The lowest BCUT2D eigenvalue weighted by atomic mass is 10.2. The number of pyridine rings is 1. The van der Waals surface area contributed by atoms with Crippen LogP contribution in [0.3, 0.4) is 0 Å². The van der Waals surface area contributed by atoms with E-state index in [1.807, 2.05) is 0 Å². The first kappa shape index (κ1) is 13.4. The Balaban J connectivity index is 2.04. The molecule has 0 aliphatic carbocycles. The van der Waals surface area contributed by atoms with Gasteiger partial charge in [0.05, 0.1) is 4.92 Å². The minimum absolute atomic E-state index is 0.0247. The molecule has 1 N–H and O–H groups in total. The van der Waals surface area contributed by atoms with Gasteiger partial charge in [-0.2, -0.15) is 0 Å². The summed E-state index contributed by atoms with van der Waals surface area (Å²) < 4.78 is 14.0. The van der Waals surface area contributed by atoms with Gasteiger partial charge in [-0.3, -0.25) is 10.1 Å². The Kier molecular flexibility index (Phi) is 4.06. The molecule has 0 amide bonds. The first-order valence-electron chi connectivity index (χ1n) is 5.34. The maximum atomic E-state index is 13.5. The molecule has 7 heteroatoms. The van der Waals surface area contributed by atoms with Crippen LogP contribution in [0.4, 0.5) is 15.9 Å². The fourth-order valence-electron chi connectivity index (χ4n) is 1.47. The van der Waals surface area contributed by atoms with Gasteiger partial charge in [0.2, 0.25) is 0 Å². The van der Waals surface area contributed by atoms with Crippen LogP contribution in [0.5, 0.6) is 0 Å². The van der Waals surface area contributed by atoms with Gasteiger partial charge in [0, 0.05) is 29.3 Å². The van der Waals surface area contributed by atoms with Crippen molar-refractivity contribution in [2.24, 2.45) is 0 Å². The molecule has 1 aromatic heterocycles. The van der Waals surface area contributed by atoms with E-state index in [0.717, 1.165) is 5.56 Å². The number of nitrogens with zero attached hydrogens (tertiary/aromatic N) is 2. The van der Waals surface area contributed by atoms with Crippen molar-refractivity contribution in [3.05, 3.63) is 62.5 Å². The largest absolute Gasteiger partial charge is 0.364 e. The number of hydrogen-bond donors (Lipinski definition) is 1. The molecular weight excluding hydrogens is 317 g/mol. The van der Waals surface area contributed by atoms with Gasteiger partial charge in [-0.1, -0.05) is 12.1 Å². The molecule has 98 valence electrons. The molecule has 19 heavy (non-hydrogen) atoms. The molecule has 0 saturated carbocycles. The Morgan fingerprint density at radius 1 is 1.37 bits per heavy atom. The third-order valence-corrected chi connectivity index (χ3v) is 2.85. The van der Waals surface area contributed by atoms with E-state index in [0.29, 0.717) is 11.0 Å². The maximum Gasteiger partial charge on any atom is 0.269 e. The highest BCUT2D eigenvalue weighted by molar-refractivity contribution is 9.10. The summed E-state index contributed by atoms with van der Waals surface area (Å²) in [5, 5.41) is 13.3. The topological polar surface area (TPSA) is 68.1 Å². The number of rotatable bonds is 4. The van der Waals surface area contributed by atoms with E-state index >= 15 is 0 Å². The second kappa shape index (κ2) is 5.75. The van der Waals surface area contributed by atoms with Crippen molar-refractivity contribution in [1.29, 1.82) is 0 Å². The Morgan fingerprint density at radius 2 is 2.05 bits per heavy atom. The normalized spacial score (nSPS) is 10.2. The molecule has 0 fully saturated rings. The molecule has 2 rings (SSSR count). The first-order chi connectivity index (χ1) is 9.06. The van der Waals surface area contributed by atoms with Crippen molar-refractivity contribution in [1.82, 2.24) is 4.98 Å². The average Bonchev–Trinajstić information content (AvgIpc) is 2.38. The van der Waals surface area contributed by atoms with Crippen molar-refractivity contribution in [3.63, 3.8) is 0 Å². The molecule has 0 aliphatic rings. The van der Waals surface area contributed by atoms with Crippen LogP contribution in [0.1, 0.15) is 5.56 Å². The van der Waals surface area contributed by atoms with Crippen LogP contribution in [0.2, 0.25) is 0 Å². The van der Waals surface area contributed by atoms with Gasteiger partial charge in [0.25, 0.3) is 5.69 Å². The van der Waals surface area contributed by atoms with Gasteiger partial charge in [0.15, 0.2) is 11.6 Å². The van der Waals surface area contributed by atoms with Crippen molar-refractivity contribution >= 4 is 27.4 Å². The third-order valence-electron chi connectivity index (χ3n) is 2.41. The lowest BCUT2D eigenvalue weighted by molar-refractivity contribution is -0.384. The summed E-state index contributed by atoms with van der Waals surface area (Å²) in [5.74, 6) is -0.321. The summed E-state index contributed by atoms with van der Waals surface area (Å²) >= 11 is 3.12. The van der Waals surface area contributed by atoms with E-state index in [2.05, 4.69) is 26.2 Å². The molecule has 0 radical (unpaired) electrons. The minimum atomic E-state index is -0.465. The Morgan fingerprint density at radius 3 is 2.63 bits per heavy atom. The fourth-order valence-corrected chi connectivity index (χ4v) is 1.77. The maximum absolute atomic E-state index is 13.5. The van der Waals surface area contributed by atoms with Crippen LogP contribution >= 0.6 is 15.9 Å². The number of aromatic nitrogens is 1. The molecule has 5 nitrogen and oxygen atoms in total. The van der Waals surface area contributed by atoms with Crippen molar-refractivity contribution < 1.29 is 9.31 Å². The molecule has 1 aromatic carbocycles. The van der Waals surface area contributed by atoms with E-state index in [1.54, 1.807) is 12.1 Å². The van der Waals surface area contributed by atoms with Crippen molar-refractivity contribution in [2.75, 3.05) is 5.32 Å². The standard InChI is InChI=1S/C12H9BrFN3O2/c13-9-5-11(14)12(16-7-9)15-6-8-1-3-10(4-2-8)17(18)19/h1-5,7H,6H2,(H,15,16). The SMILES string of the molecule is O=[N+]([O-])c1ccc(CNc2ncc(Br)cc2F)cc1. The molecule has 0 unspecified atom stereocenters. The van der Waals surface area contributed by atoms with E-state index in [4.69, 9.17) is 0 Å². The predicted octanol–water partition coefficient (Wildman–Crippen LogP) is 3.50. The summed E-state index contributed by atoms with van der Waals surface area (Å²) in [6.45, 7) is 0.337. The number of nitro benzene ring substituents is 1. The summed E-state index contributed by atoms with van der Waals surface area (Å²) in [5.41, 5.74) is 0.825. The molecule has 0 bridgehead atoms. The average molecular weight is 326 g/mol. The summed E-state index contributed by atoms with van der Waals surface area (Å²) in [6.07, 6.45) is 1.49. The van der Waals surface area contributed by atoms with Gasteiger partial charge in [-0.25, -0.2) is 9.37 Å². The highest BCUT2D eigenvalue weighted by Crippen LogP contribution is 2.17. The lowest BCUT2D eigenvalue weighted by Gasteiger charge is -2.06. The molecule has 0 saturated heterocycles. The van der Waals surface area contributed by atoms with Gasteiger partial charge in [-0.05, 0) is 27.6 Å². The number of anilines is 1. The highest BCUT2D eigenvalue weighted by Gasteiger charge is 2.06. The Bertz CT molecular complexity index is 604. The second-order valence-electron chi connectivity index (χ2n) is 3.76. The fraction of sp³-hybridized carbons (Fsp3) is 0.0833. The molecular formula is C12H9BrFN3O2. The van der Waals surface area contributed by atoms with Crippen LogP contribution in [0, 0.1) is 15.9 Å². The van der Waals surface area contributed by atoms with Crippen LogP contribution in [0.25, 0.3) is 0 Å². The molecule has 0 aliphatic heterocycles. The van der Waals surface area contributed by atoms with Gasteiger partial charge in [-0.15, -0.1) is 0 Å². The molecule has 1 heterocycles. The number of hydrogen-bond acceptors (Lipinski definition) is 4. The zero-order valence-corrected chi connectivity index (χ0v) is 11.2. The predicted molar refractivity (Wildman–Crippen MR) is 72.3 cm³/mol. The number of benzene rings is 1. The molecule has 2 aromatic rings. The second-order valence-corrected chi connectivity index (χ2v) is 4.68. The number of nitrogens with one attached hydrogen (secondary N) is 1. The van der Waals surface area contributed by atoms with Crippen LogP contribution in [0.15, 0.2) is 41.0 Å². The molecule has 0 atom stereocenters.